The summed E-state index contributed by atoms with van der Waals surface area (Å²) in [5, 5.41) is 0. The van der Waals surface area contributed by atoms with Crippen molar-refractivity contribution >= 4 is 78.2 Å². The number of rotatable bonds is 2. The van der Waals surface area contributed by atoms with Gasteiger partial charge in [0.1, 0.15) is 0 Å². The lowest BCUT2D eigenvalue weighted by Crippen LogP contribution is -1.89. The molecule has 206 valence electrons. The van der Waals surface area contributed by atoms with Crippen molar-refractivity contribution in [2.45, 2.75) is 27.7 Å². The number of nitrogens with zero attached hydrogens (tertiary/aromatic N) is 2. The van der Waals surface area contributed by atoms with Crippen LogP contribution in [0.2, 0.25) is 0 Å². The lowest BCUT2D eigenvalue weighted by Gasteiger charge is -2.07. The van der Waals surface area contributed by atoms with Crippen LogP contribution < -0.4 is 0 Å². The highest BCUT2D eigenvalue weighted by atomic mass is 79.9. The summed E-state index contributed by atoms with van der Waals surface area (Å²) in [6.07, 6.45) is 8.35. The summed E-state index contributed by atoms with van der Waals surface area (Å²) in [4.78, 5) is 17.6. The zero-order chi connectivity index (χ0) is 29.1. The van der Waals surface area contributed by atoms with Crippen LogP contribution in [0.15, 0.2) is 69.6 Å². The van der Waals surface area contributed by atoms with E-state index in [4.69, 9.17) is 9.97 Å². The smallest absolute Gasteiger partial charge is 0.0801 e. The third-order valence-electron chi connectivity index (χ3n) is 7.65. The summed E-state index contributed by atoms with van der Waals surface area (Å²) in [6.45, 7) is 8.54. The predicted octanol–water partition coefficient (Wildman–Crippen LogP) is 10.7. The van der Waals surface area contributed by atoms with Crippen LogP contribution in [0.3, 0.4) is 0 Å². The number of aromatic amines is 2. The van der Waals surface area contributed by atoms with Crippen LogP contribution in [0.25, 0.3) is 68.6 Å². The molecule has 4 nitrogen and oxygen atoms in total. The van der Waals surface area contributed by atoms with Gasteiger partial charge in [-0.1, -0.05) is 58.7 Å². The lowest BCUT2D eigenvalue weighted by atomic mass is 9.99. The van der Waals surface area contributed by atoms with Gasteiger partial charge in [-0.2, -0.15) is 0 Å². The molecule has 42 heavy (non-hydrogen) atoms. The van der Waals surface area contributed by atoms with E-state index < -0.39 is 0 Å². The molecule has 2 aliphatic heterocycles. The van der Waals surface area contributed by atoms with E-state index in [2.05, 4.69) is 154 Å². The Kier molecular flexibility index (Phi) is 6.63. The Morgan fingerprint density at radius 3 is 1.17 bits per heavy atom. The van der Waals surface area contributed by atoms with Gasteiger partial charge in [0.15, 0.2) is 0 Å². The Bertz CT molecular complexity index is 1970. The van der Waals surface area contributed by atoms with Crippen LogP contribution in [0.5, 0.6) is 0 Å². The maximum Gasteiger partial charge on any atom is 0.0801 e. The second-order valence-corrected chi connectivity index (χ2v) is 12.7. The normalized spacial score (nSPS) is 12.3. The zero-order valence-corrected chi connectivity index (χ0v) is 26.9. The van der Waals surface area contributed by atoms with Gasteiger partial charge in [0.05, 0.1) is 42.8 Å². The maximum absolute atomic E-state index is 5.14. The molecule has 5 aromatic rings. The lowest BCUT2D eigenvalue weighted by molar-refractivity contribution is 1.29. The van der Waals surface area contributed by atoms with Crippen molar-refractivity contribution in [2.24, 2.45) is 0 Å². The number of aromatic nitrogens is 4. The largest absolute Gasteiger partial charge is 0.354 e. The van der Waals surface area contributed by atoms with Crippen LogP contribution in [0, 0.1) is 27.7 Å². The molecule has 0 amide bonds. The van der Waals surface area contributed by atoms with E-state index in [1.165, 1.54) is 22.3 Å². The summed E-state index contributed by atoms with van der Waals surface area (Å²) in [7, 11) is 0. The van der Waals surface area contributed by atoms with Crippen molar-refractivity contribution in [3.63, 3.8) is 0 Å². The minimum atomic E-state index is 0.869. The molecule has 0 saturated carbocycles. The molecule has 6 heteroatoms. The Morgan fingerprint density at radius 1 is 0.452 bits per heavy atom. The van der Waals surface area contributed by atoms with Gasteiger partial charge in [0.25, 0.3) is 0 Å². The molecule has 0 atom stereocenters. The highest BCUT2D eigenvalue weighted by molar-refractivity contribution is 9.11. The second kappa shape index (κ2) is 10.4. The number of nitrogens with one attached hydrogen (secondary N) is 2. The summed E-state index contributed by atoms with van der Waals surface area (Å²) in [5.74, 6) is 0. The minimum Gasteiger partial charge on any atom is -0.354 e. The summed E-state index contributed by atoms with van der Waals surface area (Å²) < 4.78 is 1.82. The fourth-order valence-corrected chi connectivity index (χ4v) is 6.89. The van der Waals surface area contributed by atoms with Gasteiger partial charge >= 0.3 is 0 Å². The molecule has 0 fully saturated rings. The molecule has 8 bridgehead atoms. The predicted molar refractivity (Wildman–Crippen MR) is 184 cm³/mol. The third kappa shape index (κ3) is 4.79. The molecule has 0 spiro atoms. The molecule has 2 aliphatic rings. The molecule has 3 aromatic heterocycles. The third-order valence-corrected chi connectivity index (χ3v) is 9.31. The van der Waals surface area contributed by atoms with Crippen molar-refractivity contribution in [3.8, 4) is 22.3 Å². The Balaban J connectivity index is 1.63. The topological polar surface area (TPSA) is 57.4 Å². The van der Waals surface area contributed by atoms with Crippen molar-refractivity contribution < 1.29 is 0 Å². The van der Waals surface area contributed by atoms with E-state index in [-0.39, 0.29) is 0 Å². The summed E-state index contributed by atoms with van der Waals surface area (Å²) in [6, 6.07) is 21.7. The van der Waals surface area contributed by atoms with Crippen molar-refractivity contribution in [1.29, 1.82) is 0 Å². The molecule has 5 heterocycles. The SMILES string of the molecule is Cc1cc(C)cc(-c2c3nc(c(Br)c4ccc([nH]4)c(-c4cc(C)cc(C)c4)c4nc(c(Br)c5ccc2[nH]5)C=C4)C=C3)c1. The number of hydrogen-bond donors (Lipinski definition) is 2. The molecule has 0 radical (unpaired) electrons. The summed E-state index contributed by atoms with van der Waals surface area (Å²) in [5.41, 5.74) is 16.7. The fourth-order valence-electron chi connectivity index (χ4n) is 5.98. The van der Waals surface area contributed by atoms with Gasteiger partial charge in [-0.15, -0.1) is 0 Å². The molecule has 0 aliphatic carbocycles. The number of hydrogen-bond acceptors (Lipinski definition) is 2. The molecule has 0 unspecified atom stereocenters. The monoisotopic (exact) mass is 674 g/mol. The molecule has 0 saturated heterocycles. The van der Waals surface area contributed by atoms with Gasteiger partial charge in [-0.3, -0.25) is 0 Å². The van der Waals surface area contributed by atoms with Crippen LogP contribution in [0.1, 0.15) is 45.0 Å². The molecule has 7 rings (SSSR count). The minimum absolute atomic E-state index is 0.869. The van der Waals surface area contributed by atoms with E-state index in [0.717, 1.165) is 76.0 Å². The Labute approximate surface area is 261 Å². The van der Waals surface area contributed by atoms with Gasteiger partial charge < -0.3 is 9.97 Å². The number of aryl methyl sites for hydroxylation is 4. The second-order valence-electron chi connectivity index (χ2n) is 11.1. The molecular weight excluding hydrogens is 648 g/mol. The van der Waals surface area contributed by atoms with E-state index in [9.17, 15) is 0 Å². The van der Waals surface area contributed by atoms with Crippen LogP contribution in [0.4, 0.5) is 0 Å². The van der Waals surface area contributed by atoms with Crippen LogP contribution >= 0.6 is 31.9 Å². The number of H-pyrrole nitrogens is 2. The van der Waals surface area contributed by atoms with E-state index in [1.54, 1.807) is 0 Å². The zero-order valence-electron chi connectivity index (χ0n) is 23.7. The fraction of sp³-hybridized carbons (Fsp3) is 0.111. The quantitative estimate of drug-likeness (QED) is 0.192. The first-order valence-corrected chi connectivity index (χ1v) is 15.5. The van der Waals surface area contributed by atoms with E-state index >= 15 is 0 Å². The maximum atomic E-state index is 5.14. The standard InChI is InChI=1S/C36H28Br2N4/c1-19-13-20(2)16-23(15-19)33-25-5-9-29(39-25)35(37)31-11-7-27(41-31)34(24-17-21(3)14-22(4)18-24)28-8-12-32(42-28)36(38)30-10-6-26(33)40-30/h5-18,39,42H,1-4H3. The first-order chi connectivity index (χ1) is 20.2. The average molecular weight is 676 g/mol. The average Bonchev–Trinajstić information content (AvgIpc) is 3.75. The van der Waals surface area contributed by atoms with Crippen LogP contribution in [-0.4, -0.2) is 19.9 Å². The first kappa shape index (κ1) is 26.9. The van der Waals surface area contributed by atoms with Crippen molar-refractivity contribution in [1.82, 2.24) is 19.9 Å². The number of benzene rings is 2. The van der Waals surface area contributed by atoms with Crippen LogP contribution in [-0.2, 0) is 0 Å². The van der Waals surface area contributed by atoms with Gasteiger partial charge in [0.2, 0.25) is 0 Å². The van der Waals surface area contributed by atoms with Gasteiger partial charge in [-0.05, 0) is 119 Å². The van der Waals surface area contributed by atoms with E-state index in [0.29, 0.717) is 0 Å². The van der Waals surface area contributed by atoms with E-state index in [1.807, 2.05) is 0 Å². The summed E-state index contributed by atoms with van der Waals surface area (Å²) >= 11 is 7.75. The Morgan fingerprint density at radius 2 is 0.786 bits per heavy atom. The first-order valence-electron chi connectivity index (χ1n) is 13.9. The molecular formula is C36H28Br2N4. The van der Waals surface area contributed by atoms with Gasteiger partial charge in [-0.25, -0.2) is 9.97 Å². The number of fused-ring (bicyclic) bond motifs is 8. The van der Waals surface area contributed by atoms with Crippen molar-refractivity contribution in [3.05, 3.63) is 115 Å². The Hall–Kier alpha value is -4.00. The van der Waals surface area contributed by atoms with Gasteiger partial charge in [0, 0.05) is 22.2 Å². The number of halogens is 2. The molecule has 2 N–H and O–H groups in total. The highest BCUT2D eigenvalue weighted by Gasteiger charge is 2.17. The van der Waals surface area contributed by atoms with Crippen molar-refractivity contribution in [2.75, 3.05) is 0 Å². The molecule has 2 aromatic carbocycles. The highest BCUT2D eigenvalue weighted by Crippen LogP contribution is 2.36.